The van der Waals surface area contributed by atoms with E-state index in [0.717, 1.165) is 66.0 Å². The number of allylic oxidation sites excluding steroid dienone is 1. The van der Waals surface area contributed by atoms with Crippen LogP contribution in [0.3, 0.4) is 0 Å². The molecule has 10 nitrogen and oxygen atoms in total. The molecule has 236 valence electrons. The summed E-state index contributed by atoms with van der Waals surface area (Å²) in [6.07, 6.45) is 0.576. The SMILES string of the molecule is CC1=C(C#N)[C@@H](c2ccc(C#N)cc2S(C)(=O)=O)N(C(=O)N2CCN(C3CCCC3)CC2)C(=O)N1c1cccc(C(F)(F)F)c1. The number of amides is 4. The first-order chi connectivity index (χ1) is 21.3. The van der Waals surface area contributed by atoms with E-state index in [-0.39, 0.29) is 46.1 Å². The van der Waals surface area contributed by atoms with Gasteiger partial charge in [-0.25, -0.2) is 22.9 Å². The molecule has 5 rings (SSSR count). The summed E-state index contributed by atoms with van der Waals surface area (Å²) >= 11 is 0. The van der Waals surface area contributed by atoms with Crippen molar-refractivity contribution in [3.8, 4) is 12.1 Å². The van der Waals surface area contributed by atoms with Gasteiger partial charge in [0.15, 0.2) is 9.84 Å². The predicted octanol–water partition coefficient (Wildman–Crippen LogP) is 5.44. The van der Waals surface area contributed by atoms with Crippen LogP contribution in [0.1, 0.15) is 55.3 Å². The summed E-state index contributed by atoms with van der Waals surface area (Å²) < 4.78 is 66.8. The number of nitriles is 2. The van der Waals surface area contributed by atoms with Crippen LogP contribution in [-0.4, -0.2) is 73.7 Å². The van der Waals surface area contributed by atoms with Crippen LogP contribution in [0.4, 0.5) is 28.4 Å². The normalized spacial score (nSPS) is 20.4. The lowest BCUT2D eigenvalue weighted by atomic mass is 9.93. The van der Waals surface area contributed by atoms with Crippen LogP contribution in [-0.2, 0) is 16.0 Å². The molecule has 2 fully saturated rings. The van der Waals surface area contributed by atoms with Crippen LogP contribution in [0.15, 0.2) is 58.6 Å². The summed E-state index contributed by atoms with van der Waals surface area (Å²) in [5.41, 5.74) is -1.60. The zero-order chi connectivity index (χ0) is 32.7. The lowest BCUT2D eigenvalue weighted by Gasteiger charge is -2.44. The molecule has 0 unspecified atom stereocenters. The van der Waals surface area contributed by atoms with Crippen molar-refractivity contribution in [2.75, 3.05) is 37.3 Å². The number of rotatable bonds is 4. The molecule has 2 heterocycles. The van der Waals surface area contributed by atoms with E-state index in [0.29, 0.717) is 19.1 Å². The molecule has 2 aromatic rings. The molecule has 1 aliphatic carbocycles. The quantitative estimate of drug-likeness (QED) is 0.435. The van der Waals surface area contributed by atoms with Crippen molar-refractivity contribution < 1.29 is 31.2 Å². The Kier molecular flexibility index (Phi) is 8.66. The van der Waals surface area contributed by atoms with Gasteiger partial charge in [0.05, 0.1) is 39.4 Å². The molecule has 1 atom stereocenters. The largest absolute Gasteiger partial charge is 0.416 e. The molecule has 0 aromatic heterocycles. The smallest absolute Gasteiger partial charge is 0.322 e. The predicted molar refractivity (Wildman–Crippen MR) is 157 cm³/mol. The second kappa shape index (κ2) is 12.2. The highest BCUT2D eigenvalue weighted by Crippen LogP contribution is 2.43. The number of imide groups is 1. The standard InChI is InChI=1S/C31H31F3N6O4S/c1-20-26(19-36)28(25-11-10-21(18-35)16-27(25)45(2,43)44)40(29(41)38-14-12-37(13-15-38)23-7-3-4-8-23)30(42)39(20)24-9-5-6-22(17-24)31(32,33)34/h5-6,9-11,16-17,23,28H,3-4,7-8,12-15H2,1-2H3/t28-/m1/s1. The Morgan fingerprint density at radius 3 is 2.22 bits per heavy atom. The zero-order valence-corrected chi connectivity index (χ0v) is 25.5. The maximum atomic E-state index is 14.4. The van der Waals surface area contributed by atoms with Gasteiger partial charge in [-0.05, 0) is 55.7 Å². The summed E-state index contributed by atoms with van der Waals surface area (Å²) in [5.74, 6) is 0. The molecule has 2 aliphatic heterocycles. The molecule has 0 radical (unpaired) electrons. The Morgan fingerprint density at radius 1 is 0.978 bits per heavy atom. The van der Waals surface area contributed by atoms with Gasteiger partial charge >= 0.3 is 18.2 Å². The van der Waals surface area contributed by atoms with Crippen LogP contribution in [0.5, 0.6) is 0 Å². The number of hydrogen-bond acceptors (Lipinski definition) is 7. The third kappa shape index (κ3) is 6.13. The average Bonchev–Trinajstić information content (AvgIpc) is 3.55. The van der Waals surface area contributed by atoms with E-state index in [1.807, 2.05) is 12.1 Å². The van der Waals surface area contributed by atoms with Gasteiger partial charge < -0.3 is 4.90 Å². The Balaban J connectivity index is 1.65. The number of carbonyl (C=O) groups is 2. The molecule has 4 amide bonds. The molecule has 2 aromatic carbocycles. The minimum atomic E-state index is -4.73. The highest BCUT2D eigenvalue weighted by atomic mass is 32.2. The van der Waals surface area contributed by atoms with Crippen molar-refractivity contribution in [1.29, 1.82) is 10.5 Å². The lowest BCUT2D eigenvalue weighted by molar-refractivity contribution is -0.137. The summed E-state index contributed by atoms with van der Waals surface area (Å²) in [5, 5.41) is 19.8. The van der Waals surface area contributed by atoms with Crippen LogP contribution in [0, 0.1) is 22.7 Å². The first-order valence-electron chi connectivity index (χ1n) is 14.4. The fourth-order valence-corrected chi connectivity index (χ4v) is 7.36. The van der Waals surface area contributed by atoms with Crippen molar-refractivity contribution in [2.45, 2.75) is 55.8 Å². The summed E-state index contributed by atoms with van der Waals surface area (Å²) in [6, 6.07) is 8.59. The molecular weight excluding hydrogens is 609 g/mol. The Hall–Kier alpha value is -4.40. The second-order valence-electron chi connectivity index (χ2n) is 11.4. The summed E-state index contributed by atoms with van der Waals surface area (Å²) in [6.45, 7) is 2.96. The van der Waals surface area contributed by atoms with Crippen LogP contribution < -0.4 is 4.90 Å². The number of anilines is 1. The fourth-order valence-electron chi connectivity index (χ4n) is 6.41. The first kappa shape index (κ1) is 32.0. The molecule has 45 heavy (non-hydrogen) atoms. The third-order valence-corrected chi connectivity index (χ3v) is 9.83. The Bertz CT molecular complexity index is 1750. The van der Waals surface area contributed by atoms with Crippen molar-refractivity contribution >= 4 is 27.6 Å². The molecule has 3 aliphatic rings. The number of urea groups is 2. The van der Waals surface area contributed by atoms with E-state index in [2.05, 4.69) is 4.90 Å². The van der Waals surface area contributed by atoms with E-state index < -0.39 is 39.7 Å². The van der Waals surface area contributed by atoms with Gasteiger partial charge in [0.25, 0.3) is 0 Å². The van der Waals surface area contributed by atoms with Crippen LogP contribution in [0.25, 0.3) is 0 Å². The maximum Gasteiger partial charge on any atom is 0.416 e. The number of nitrogens with zero attached hydrogens (tertiary/aromatic N) is 6. The molecule has 1 saturated heterocycles. The van der Waals surface area contributed by atoms with Gasteiger partial charge in [-0.2, -0.15) is 23.7 Å². The monoisotopic (exact) mass is 640 g/mol. The summed E-state index contributed by atoms with van der Waals surface area (Å²) in [7, 11) is -4.05. The van der Waals surface area contributed by atoms with Gasteiger partial charge in [0, 0.05) is 44.2 Å². The molecule has 0 bridgehead atoms. The highest BCUT2D eigenvalue weighted by Gasteiger charge is 2.47. The van der Waals surface area contributed by atoms with E-state index in [9.17, 15) is 41.7 Å². The Morgan fingerprint density at radius 2 is 1.64 bits per heavy atom. The van der Waals surface area contributed by atoms with Crippen LogP contribution >= 0.6 is 0 Å². The van der Waals surface area contributed by atoms with Crippen molar-refractivity contribution in [3.63, 3.8) is 0 Å². The molecule has 14 heteroatoms. The number of hydrogen-bond donors (Lipinski definition) is 0. The molecule has 0 N–H and O–H groups in total. The molecular formula is C31H31F3N6O4S. The maximum absolute atomic E-state index is 14.4. The fraction of sp³-hybridized carbons (Fsp3) is 0.419. The van der Waals surface area contributed by atoms with Gasteiger partial charge in [-0.1, -0.05) is 25.0 Å². The van der Waals surface area contributed by atoms with E-state index >= 15 is 0 Å². The van der Waals surface area contributed by atoms with E-state index in [1.54, 1.807) is 0 Å². The van der Waals surface area contributed by atoms with Gasteiger partial charge in [-0.15, -0.1) is 0 Å². The average molecular weight is 641 g/mol. The van der Waals surface area contributed by atoms with Crippen molar-refractivity contribution in [1.82, 2.24) is 14.7 Å². The van der Waals surface area contributed by atoms with Gasteiger partial charge in [0.2, 0.25) is 0 Å². The number of benzene rings is 2. The minimum Gasteiger partial charge on any atom is -0.322 e. The number of carbonyl (C=O) groups excluding carboxylic acids is 2. The molecule has 1 saturated carbocycles. The third-order valence-electron chi connectivity index (χ3n) is 8.68. The number of halogens is 3. The summed E-state index contributed by atoms with van der Waals surface area (Å²) in [4.78, 5) is 33.7. The zero-order valence-electron chi connectivity index (χ0n) is 24.7. The number of piperazine rings is 1. The lowest BCUT2D eigenvalue weighted by Crippen LogP contribution is -2.59. The minimum absolute atomic E-state index is 0.00650. The topological polar surface area (TPSA) is 129 Å². The number of sulfone groups is 1. The number of alkyl halides is 3. The molecule has 0 spiro atoms. The Labute approximate surface area is 259 Å². The van der Waals surface area contributed by atoms with Crippen molar-refractivity contribution in [2.24, 2.45) is 0 Å². The van der Waals surface area contributed by atoms with E-state index in [1.165, 1.54) is 30.0 Å². The first-order valence-corrected chi connectivity index (χ1v) is 16.3. The second-order valence-corrected chi connectivity index (χ2v) is 13.4. The van der Waals surface area contributed by atoms with E-state index in [4.69, 9.17) is 0 Å². The van der Waals surface area contributed by atoms with Gasteiger partial charge in [0.1, 0.15) is 6.04 Å². The van der Waals surface area contributed by atoms with Crippen molar-refractivity contribution in [3.05, 3.63) is 70.4 Å². The van der Waals surface area contributed by atoms with Crippen LogP contribution in [0.2, 0.25) is 0 Å². The van der Waals surface area contributed by atoms with Gasteiger partial charge in [-0.3, -0.25) is 9.80 Å². The highest BCUT2D eigenvalue weighted by molar-refractivity contribution is 7.90.